The highest BCUT2D eigenvalue weighted by molar-refractivity contribution is 5.86. The van der Waals surface area contributed by atoms with Gasteiger partial charge in [0.1, 0.15) is 0 Å². The fourth-order valence-electron chi connectivity index (χ4n) is 2.74. The molecule has 1 amide bonds. The Morgan fingerprint density at radius 1 is 1.18 bits per heavy atom. The molecular weight excluding hydrogens is 220 g/mol. The van der Waals surface area contributed by atoms with Crippen LogP contribution in [0.2, 0.25) is 0 Å². The topological polar surface area (TPSA) is 92.4 Å². The summed E-state index contributed by atoms with van der Waals surface area (Å²) in [6.45, 7) is 0.363. The van der Waals surface area contributed by atoms with Crippen LogP contribution in [0.3, 0.4) is 0 Å². The first-order chi connectivity index (χ1) is 8.02. The first-order valence-corrected chi connectivity index (χ1v) is 6.26. The Bertz CT molecular complexity index is 331. The number of hydrogen-bond donors (Lipinski definition) is 3. The lowest BCUT2D eigenvalue weighted by molar-refractivity contribution is -0.139. The molecule has 0 heterocycles. The van der Waals surface area contributed by atoms with Gasteiger partial charge in [0, 0.05) is 6.54 Å². The molecular formula is C12H20N2O3. The summed E-state index contributed by atoms with van der Waals surface area (Å²) in [6.07, 6.45) is 5.21. The van der Waals surface area contributed by atoms with E-state index >= 15 is 0 Å². The molecule has 0 spiro atoms. The maximum atomic E-state index is 12.1. The molecule has 5 heteroatoms. The van der Waals surface area contributed by atoms with E-state index in [0.29, 0.717) is 6.54 Å². The summed E-state index contributed by atoms with van der Waals surface area (Å²) in [5.74, 6) is -0.882. The molecule has 0 saturated heterocycles. The molecule has 17 heavy (non-hydrogen) atoms. The van der Waals surface area contributed by atoms with E-state index in [1.165, 1.54) is 0 Å². The van der Waals surface area contributed by atoms with Crippen molar-refractivity contribution in [1.82, 2.24) is 5.32 Å². The number of carbonyl (C=O) groups is 2. The Kier molecular flexibility index (Phi) is 3.12. The summed E-state index contributed by atoms with van der Waals surface area (Å²) in [5.41, 5.74) is 4.70. The third kappa shape index (κ3) is 2.44. The van der Waals surface area contributed by atoms with Gasteiger partial charge in [-0.1, -0.05) is 12.8 Å². The third-order valence-electron chi connectivity index (χ3n) is 4.15. The highest BCUT2D eigenvalue weighted by Crippen LogP contribution is 2.46. The van der Waals surface area contributed by atoms with Gasteiger partial charge in [-0.25, -0.2) is 0 Å². The van der Waals surface area contributed by atoms with Crippen molar-refractivity contribution in [3.05, 3.63) is 0 Å². The fourth-order valence-corrected chi connectivity index (χ4v) is 2.74. The molecule has 2 aliphatic rings. The fraction of sp³-hybridized carbons (Fsp3) is 0.833. The van der Waals surface area contributed by atoms with E-state index in [2.05, 4.69) is 5.32 Å². The number of nitrogens with two attached hydrogens (primary N) is 1. The van der Waals surface area contributed by atoms with Gasteiger partial charge < -0.3 is 16.2 Å². The molecule has 96 valence electrons. The molecule has 2 fully saturated rings. The molecule has 2 rings (SSSR count). The Morgan fingerprint density at radius 2 is 1.76 bits per heavy atom. The summed E-state index contributed by atoms with van der Waals surface area (Å²) in [7, 11) is 0. The molecule has 0 aromatic rings. The van der Waals surface area contributed by atoms with Crippen molar-refractivity contribution in [2.24, 2.45) is 11.1 Å². The lowest BCUT2D eigenvalue weighted by Crippen LogP contribution is -2.51. The monoisotopic (exact) mass is 240 g/mol. The van der Waals surface area contributed by atoms with E-state index in [9.17, 15) is 9.59 Å². The third-order valence-corrected chi connectivity index (χ3v) is 4.15. The van der Waals surface area contributed by atoms with E-state index < -0.39 is 16.9 Å². The second-order valence-corrected chi connectivity index (χ2v) is 5.50. The highest BCUT2D eigenvalue weighted by Gasteiger charge is 2.51. The molecule has 5 nitrogen and oxygen atoms in total. The number of nitrogens with one attached hydrogen (secondary N) is 1. The number of carboxylic acids is 1. The van der Waals surface area contributed by atoms with Crippen molar-refractivity contribution in [2.45, 2.75) is 50.5 Å². The Morgan fingerprint density at radius 3 is 2.18 bits per heavy atom. The zero-order valence-electron chi connectivity index (χ0n) is 10.00. The van der Waals surface area contributed by atoms with Crippen molar-refractivity contribution in [3.8, 4) is 0 Å². The predicted octanol–water partition coefficient (Wildman–Crippen LogP) is 0.629. The number of hydrogen-bond acceptors (Lipinski definition) is 3. The smallest absolute Gasteiger partial charge is 0.305 e. The molecule has 0 bridgehead atoms. The van der Waals surface area contributed by atoms with Crippen LogP contribution in [-0.4, -0.2) is 29.1 Å². The van der Waals surface area contributed by atoms with Gasteiger partial charge in [-0.2, -0.15) is 0 Å². The Hall–Kier alpha value is -1.10. The molecule has 0 aromatic carbocycles. The standard InChI is InChI=1S/C12H20N2O3/c13-8-11(5-6-11)10(17)14-12(7-9(15)16)3-1-2-4-12/h1-8,13H2,(H,14,17)(H,15,16). The molecule has 4 N–H and O–H groups in total. The summed E-state index contributed by atoms with van der Waals surface area (Å²) in [4.78, 5) is 23.0. The maximum absolute atomic E-state index is 12.1. The van der Waals surface area contributed by atoms with E-state index in [1.807, 2.05) is 0 Å². The van der Waals surface area contributed by atoms with Crippen molar-refractivity contribution in [1.29, 1.82) is 0 Å². The molecule has 0 aromatic heterocycles. The van der Waals surface area contributed by atoms with Crippen molar-refractivity contribution in [3.63, 3.8) is 0 Å². The summed E-state index contributed by atoms with van der Waals surface area (Å²) in [6, 6.07) is 0. The van der Waals surface area contributed by atoms with Gasteiger partial charge in [0.25, 0.3) is 0 Å². The van der Waals surface area contributed by atoms with E-state index in [4.69, 9.17) is 10.8 Å². The quantitative estimate of drug-likeness (QED) is 0.657. The average molecular weight is 240 g/mol. The number of carboxylic acid groups (broad SMARTS) is 1. The Labute approximate surface area is 101 Å². The van der Waals surface area contributed by atoms with Crippen LogP contribution in [0, 0.1) is 5.41 Å². The number of aliphatic carboxylic acids is 1. The SMILES string of the molecule is NCC1(C(=O)NC2(CC(=O)O)CCCC2)CC1. The Balaban J connectivity index is 2.03. The van der Waals surface area contributed by atoms with Gasteiger partial charge in [0.15, 0.2) is 0 Å². The van der Waals surface area contributed by atoms with Crippen LogP contribution < -0.4 is 11.1 Å². The minimum atomic E-state index is -0.843. The summed E-state index contributed by atoms with van der Waals surface area (Å²) < 4.78 is 0. The molecule has 0 radical (unpaired) electrons. The van der Waals surface area contributed by atoms with Crippen LogP contribution in [0.4, 0.5) is 0 Å². The van der Waals surface area contributed by atoms with E-state index in [-0.39, 0.29) is 12.3 Å². The average Bonchev–Trinajstić information content (AvgIpc) is 2.95. The van der Waals surface area contributed by atoms with Crippen LogP contribution in [0.15, 0.2) is 0 Å². The van der Waals surface area contributed by atoms with Gasteiger partial charge in [0.05, 0.1) is 17.4 Å². The minimum Gasteiger partial charge on any atom is -0.481 e. The van der Waals surface area contributed by atoms with Gasteiger partial charge in [0.2, 0.25) is 5.91 Å². The number of carbonyl (C=O) groups excluding carboxylic acids is 1. The zero-order valence-corrected chi connectivity index (χ0v) is 10.00. The zero-order chi connectivity index (χ0) is 12.5. The highest BCUT2D eigenvalue weighted by atomic mass is 16.4. The molecule has 0 aliphatic heterocycles. The van der Waals surface area contributed by atoms with Gasteiger partial charge in [-0.05, 0) is 25.7 Å². The van der Waals surface area contributed by atoms with Crippen LogP contribution in [0.25, 0.3) is 0 Å². The molecule has 2 aliphatic carbocycles. The molecule has 0 atom stereocenters. The number of amides is 1. The van der Waals surface area contributed by atoms with Gasteiger partial charge in [-0.15, -0.1) is 0 Å². The maximum Gasteiger partial charge on any atom is 0.305 e. The van der Waals surface area contributed by atoms with E-state index in [1.54, 1.807) is 0 Å². The largest absolute Gasteiger partial charge is 0.481 e. The minimum absolute atomic E-state index is 0.0272. The van der Waals surface area contributed by atoms with Crippen molar-refractivity contribution >= 4 is 11.9 Å². The van der Waals surface area contributed by atoms with Crippen molar-refractivity contribution in [2.75, 3.05) is 6.54 Å². The van der Waals surface area contributed by atoms with Gasteiger partial charge >= 0.3 is 5.97 Å². The van der Waals surface area contributed by atoms with Gasteiger partial charge in [-0.3, -0.25) is 9.59 Å². The normalized spacial score (nSPS) is 24.3. The van der Waals surface area contributed by atoms with Crippen LogP contribution >= 0.6 is 0 Å². The molecule has 2 saturated carbocycles. The van der Waals surface area contributed by atoms with Crippen LogP contribution in [-0.2, 0) is 9.59 Å². The summed E-state index contributed by atoms with van der Waals surface area (Å²) >= 11 is 0. The van der Waals surface area contributed by atoms with E-state index in [0.717, 1.165) is 38.5 Å². The second kappa shape index (κ2) is 4.29. The predicted molar refractivity (Wildman–Crippen MR) is 62.3 cm³/mol. The second-order valence-electron chi connectivity index (χ2n) is 5.50. The first kappa shape index (κ1) is 12.4. The van der Waals surface area contributed by atoms with Crippen LogP contribution in [0.1, 0.15) is 44.9 Å². The first-order valence-electron chi connectivity index (χ1n) is 6.26. The summed E-state index contributed by atoms with van der Waals surface area (Å²) in [5, 5.41) is 11.9. The number of rotatable bonds is 5. The van der Waals surface area contributed by atoms with Crippen molar-refractivity contribution < 1.29 is 14.7 Å². The lowest BCUT2D eigenvalue weighted by Gasteiger charge is -2.30. The van der Waals surface area contributed by atoms with Crippen LogP contribution in [0.5, 0.6) is 0 Å². The molecule has 0 unspecified atom stereocenters. The lowest BCUT2D eigenvalue weighted by atomic mass is 9.91.